The number of rotatable bonds is 3. The number of nitrogens with zero attached hydrogens (tertiary/aromatic N) is 3. The first-order valence-electron chi connectivity index (χ1n) is 8.82. The molecule has 2 N–H and O–H groups in total. The van der Waals surface area contributed by atoms with Crippen molar-refractivity contribution in [3.63, 3.8) is 0 Å². The summed E-state index contributed by atoms with van der Waals surface area (Å²) < 4.78 is 1.04. The van der Waals surface area contributed by atoms with E-state index in [0.717, 1.165) is 4.68 Å². The lowest BCUT2D eigenvalue weighted by Gasteiger charge is -2.22. The minimum Gasteiger partial charge on any atom is -0.318 e. The van der Waals surface area contributed by atoms with E-state index >= 15 is 0 Å². The zero-order valence-electron chi connectivity index (χ0n) is 15.7. The highest BCUT2D eigenvalue weighted by atomic mass is 16.2. The van der Waals surface area contributed by atoms with Gasteiger partial charge in [-0.25, -0.2) is 9.48 Å². The number of aryl methyl sites for hydroxylation is 1. The summed E-state index contributed by atoms with van der Waals surface area (Å²) in [6.07, 6.45) is 0. The summed E-state index contributed by atoms with van der Waals surface area (Å²) in [6.45, 7) is 1.56. The van der Waals surface area contributed by atoms with Crippen LogP contribution in [-0.4, -0.2) is 32.6 Å². The van der Waals surface area contributed by atoms with E-state index in [1.54, 1.807) is 61.5 Å². The minimum atomic E-state index is -1.31. The molecule has 0 bridgehead atoms. The van der Waals surface area contributed by atoms with Crippen molar-refractivity contribution in [1.29, 1.82) is 0 Å². The fourth-order valence-corrected chi connectivity index (χ4v) is 3.33. The van der Waals surface area contributed by atoms with Crippen LogP contribution in [0.15, 0.2) is 59.4 Å². The first-order valence-corrected chi connectivity index (χ1v) is 8.82. The molecular weight excluding hydrogens is 374 g/mol. The van der Waals surface area contributed by atoms with Crippen LogP contribution in [0.1, 0.15) is 23.0 Å². The Balaban J connectivity index is 1.69. The molecule has 0 unspecified atom stereocenters. The van der Waals surface area contributed by atoms with E-state index in [2.05, 4.69) is 15.8 Å². The fraction of sp³-hybridized carbons (Fsp3) is 0.150. The quantitative estimate of drug-likeness (QED) is 0.648. The average Bonchev–Trinajstić information content (AvgIpc) is 2.95. The maximum Gasteiger partial charge on any atom is 0.344 e. The predicted molar refractivity (Wildman–Crippen MR) is 104 cm³/mol. The molecule has 1 aliphatic rings. The highest BCUT2D eigenvalue weighted by Gasteiger charge is 2.50. The molecule has 9 heteroatoms. The van der Waals surface area contributed by atoms with E-state index in [-0.39, 0.29) is 11.3 Å². The molecule has 1 fully saturated rings. The number of urea groups is 1. The Morgan fingerprint density at radius 2 is 1.62 bits per heavy atom. The second-order valence-electron chi connectivity index (χ2n) is 6.83. The van der Waals surface area contributed by atoms with Crippen LogP contribution in [0.3, 0.4) is 0 Å². The van der Waals surface area contributed by atoms with Crippen LogP contribution in [0.4, 0.5) is 4.79 Å². The highest BCUT2D eigenvalue weighted by molar-refractivity contribution is 6.11. The largest absolute Gasteiger partial charge is 0.344 e. The monoisotopic (exact) mass is 391 g/mol. The molecule has 1 aliphatic heterocycles. The van der Waals surface area contributed by atoms with Crippen LogP contribution in [0, 0.1) is 0 Å². The van der Waals surface area contributed by atoms with Gasteiger partial charge in [0.25, 0.3) is 17.4 Å². The van der Waals surface area contributed by atoms with Gasteiger partial charge in [-0.3, -0.25) is 19.8 Å². The molecule has 0 saturated carbocycles. The van der Waals surface area contributed by atoms with E-state index in [0.29, 0.717) is 21.3 Å². The van der Waals surface area contributed by atoms with Gasteiger partial charge in [0.1, 0.15) is 5.54 Å². The molecule has 0 radical (unpaired) electrons. The van der Waals surface area contributed by atoms with Crippen LogP contribution in [0.2, 0.25) is 0 Å². The number of fused-ring (bicyclic) bond motifs is 1. The van der Waals surface area contributed by atoms with Crippen LogP contribution in [0.5, 0.6) is 0 Å². The van der Waals surface area contributed by atoms with Crippen molar-refractivity contribution in [2.75, 3.05) is 0 Å². The number of hydrogen-bond acceptors (Lipinski definition) is 5. The van der Waals surface area contributed by atoms with Gasteiger partial charge in [0.15, 0.2) is 5.69 Å². The Labute approximate surface area is 164 Å². The van der Waals surface area contributed by atoms with E-state index in [9.17, 15) is 19.2 Å². The molecule has 3 aromatic rings. The molecule has 29 heavy (non-hydrogen) atoms. The zero-order chi connectivity index (χ0) is 20.8. The van der Waals surface area contributed by atoms with Crippen LogP contribution in [-0.2, 0) is 17.4 Å². The van der Waals surface area contributed by atoms with Crippen LogP contribution < -0.4 is 16.3 Å². The number of aromatic nitrogens is 2. The first kappa shape index (κ1) is 18.4. The number of imide groups is 1. The summed E-state index contributed by atoms with van der Waals surface area (Å²) in [5.74, 6) is -1.41. The highest BCUT2D eigenvalue weighted by Crippen LogP contribution is 2.27. The Hall–Kier alpha value is -4.01. The van der Waals surface area contributed by atoms with Crippen LogP contribution in [0.25, 0.3) is 10.8 Å². The van der Waals surface area contributed by atoms with E-state index in [1.807, 2.05) is 0 Å². The van der Waals surface area contributed by atoms with E-state index < -0.39 is 23.4 Å². The number of hydrogen-bond donors (Lipinski definition) is 2. The van der Waals surface area contributed by atoms with E-state index in [1.165, 1.54) is 7.05 Å². The molecular formula is C20H17N5O4. The number of benzene rings is 2. The van der Waals surface area contributed by atoms with Crippen LogP contribution >= 0.6 is 0 Å². The summed E-state index contributed by atoms with van der Waals surface area (Å²) in [6, 6.07) is 14.5. The molecule has 2 aromatic carbocycles. The Kier molecular flexibility index (Phi) is 4.15. The summed E-state index contributed by atoms with van der Waals surface area (Å²) in [5, 5.41) is 7.89. The number of carbonyl (C=O) groups is 3. The van der Waals surface area contributed by atoms with Crippen molar-refractivity contribution in [3.05, 3.63) is 76.2 Å². The number of amides is 4. The standard InChI is InChI=1S/C20H17N5O4/c1-20(12-8-4-3-5-9-12)18(28)25(19(29)21-20)23-16(26)15-13-10-6-7-11-14(13)17(27)24(2)22-15/h3-11H,1-2H3,(H,21,29)(H,23,26)/t20-/m1/s1. The maximum atomic E-state index is 12.9. The molecule has 146 valence electrons. The lowest BCUT2D eigenvalue weighted by Crippen LogP contribution is -2.48. The molecule has 0 spiro atoms. The van der Waals surface area contributed by atoms with Gasteiger partial charge in [0, 0.05) is 12.4 Å². The third-order valence-corrected chi connectivity index (χ3v) is 4.93. The summed E-state index contributed by atoms with van der Waals surface area (Å²) in [5.41, 5.74) is 1.15. The molecule has 1 atom stereocenters. The van der Waals surface area contributed by atoms with Gasteiger partial charge in [-0.2, -0.15) is 10.1 Å². The normalized spacial score (nSPS) is 18.8. The van der Waals surface area contributed by atoms with Gasteiger partial charge in [-0.05, 0) is 18.6 Å². The van der Waals surface area contributed by atoms with Crippen molar-refractivity contribution in [3.8, 4) is 0 Å². The van der Waals surface area contributed by atoms with Crippen molar-refractivity contribution >= 4 is 28.6 Å². The van der Waals surface area contributed by atoms with Crippen molar-refractivity contribution in [2.24, 2.45) is 7.05 Å². The number of nitrogens with one attached hydrogen (secondary N) is 2. The number of hydrazine groups is 1. The molecule has 9 nitrogen and oxygen atoms in total. The summed E-state index contributed by atoms with van der Waals surface area (Å²) in [4.78, 5) is 50.5. The van der Waals surface area contributed by atoms with Crippen molar-refractivity contribution < 1.29 is 14.4 Å². The van der Waals surface area contributed by atoms with Gasteiger partial charge >= 0.3 is 6.03 Å². The third-order valence-electron chi connectivity index (χ3n) is 4.93. The molecule has 1 saturated heterocycles. The third kappa shape index (κ3) is 2.83. The summed E-state index contributed by atoms with van der Waals surface area (Å²) in [7, 11) is 1.42. The second-order valence-corrected chi connectivity index (χ2v) is 6.83. The Morgan fingerprint density at radius 1 is 1.00 bits per heavy atom. The van der Waals surface area contributed by atoms with Gasteiger partial charge < -0.3 is 5.32 Å². The SMILES string of the molecule is Cn1nc(C(=O)NN2C(=O)N[C@](C)(c3ccccc3)C2=O)c2ccccc2c1=O. The average molecular weight is 391 g/mol. The first-order chi connectivity index (χ1) is 13.8. The Morgan fingerprint density at radius 3 is 2.31 bits per heavy atom. The van der Waals surface area contributed by atoms with Crippen molar-refractivity contribution in [2.45, 2.75) is 12.5 Å². The van der Waals surface area contributed by atoms with Crippen molar-refractivity contribution in [1.82, 2.24) is 25.5 Å². The predicted octanol–water partition coefficient (Wildman–Crippen LogP) is 1.05. The molecule has 1 aromatic heterocycles. The summed E-state index contributed by atoms with van der Waals surface area (Å²) >= 11 is 0. The Bertz CT molecular complexity index is 1220. The smallest absolute Gasteiger partial charge is 0.318 e. The number of carbonyl (C=O) groups excluding carboxylic acids is 3. The molecule has 0 aliphatic carbocycles. The van der Waals surface area contributed by atoms with E-state index in [4.69, 9.17) is 0 Å². The van der Waals surface area contributed by atoms with Gasteiger partial charge in [0.05, 0.1) is 5.39 Å². The lowest BCUT2D eigenvalue weighted by molar-refractivity contribution is -0.132. The maximum absolute atomic E-state index is 12.9. The topological polar surface area (TPSA) is 113 Å². The zero-order valence-corrected chi connectivity index (χ0v) is 15.7. The molecule has 4 amide bonds. The molecule has 2 heterocycles. The van der Waals surface area contributed by atoms with Gasteiger partial charge in [-0.15, -0.1) is 0 Å². The van der Waals surface area contributed by atoms with Gasteiger partial charge in [0.2, 0.25) is 0 Å². The van der Waals surface area contributed by atoms with Gasteiger partial charge in [-0.1, -0.05) is 48.5 Å². The second kappa shape index (κ2) is 6.55. The minimum absolute atomic E-state index is 0.0726. The molecule has 4 rings (SSSR count). The fourth-order valence-electron chi connectivity index (χ4n) is 3.33. The lowest BCUT2D eigenvalue weighted by atomic mass is 9.92.